The van der Waals surface area contributed by atoms with Crippen molar-refractivity contribution in [2.45, 2.75) is 11.6 Å². The number of aromatic nitrogens is 2. The zero-order valence-electron chi connectivity index (χ0n) is 12.3. The SMILES string of the molecule is O=C(O)Cc1ccc(C(=O)CSc2nccc(-c3cccs3)n2)s1. The third kappa shape index (κ3) is 4.28. The molecule has 0 atom stereocenters. The van der Waals surface area contributed by atoms with Gasteiger partial charge in [-0.3, -0.25) is 9.59 Å². The van der Waals surface area contributed by atoms with Crippen LogP contribution >= 0.6 is 34.4 Å². The van der Waals surface area contributed by atoms with Crippen LogP contribution < -0.4 is 0 Å². The van der Waals surface area contributed by atoms with E-state index in [0.29, 0.717) is 14.9 Å². The maximum atomic E-state index is 12.2. The van der Waals surface area contributed by atoms with Crippen molar-refractivity contribution in [1.82, 2.24) is 9.97 Å². The lowest BCUT2D eigenvalue weighted by Crippen LogP contribution is -2.01. The normalized spacial score (nSPS) is 10.7. The molecule has 3 aromatic heterocycles. The summed E-state index contributed by atoms with van der Waals surface area (Å²) in [6.07, 6.45) is 1.63. The molecule has 0 saturated carbocycles. The minimum absolute atomic E-state index is 0.0493. The number of aliphatic carboxylic acids is 1. The Hall–Kier alpha value is -2.03. The maximum absolute atomic E-state index is 12.2. The van der Waals surface area contributed by atoms with E-state index in [0.717, 1.165) is 10.6 Å². The number of Topliss-reactive ketones (excluding diaryl/α,β-unsaturated/α-hetero) is 1. The summed E-state index contributed by atoms with van der Waals surface area (Å²) in [5.74, 6) is -0.725. The first kappa shape index (κ1) is 16.8. The van der Waals surface area contributed by atoms with Crippen LogP contribution in [0, 0.1) is 0 Å². The van der Waals surface area contributed by atoms with E-state index in [1.54, 1.807) is 29.7 Å². The van der Waals surface area contributed by atoms with Crippen LogP contribution in [-0.2, 0) is 11.2 Å². The lowest BCUT2D eigenvalue weighted by molar-refractivity contribution is -0.136. The Morgan fingerprint density at radius 1 is 1.21 bits per heavy atom. The Kier molecular flexibility index (Phi) is 5.39. The summed E-state index contributed by atoms with van der Waals surface area (Å²) in [6, 6.07) is 9.15. The molecule has 0 saturated heterocycles. The fourth-order valence-electron chi connectivity index (χ4n) is 1.94. The van der Waals surface area contributed by atoms with Gasteiger partial charge in [-0.05, 0) is 29.6 Å². The van der Waals surface area contributed by atoms with Crippen LogP contribution in [0.3, 0.4) is 0 Å². The van der Waals surface area contributed by atoms with Crippen LogP contribution in [0.15, 0.2) is 47.1 Å². The third-order valence-corrected chi connectivity index (χ3v) is 5.88. The van der Waals surface area contributed by atoms with E-state index in [-0.39, 0.29) is 18.0 Å². The van der Waals surface area contributed by atoms with E-state index in [2.05, 4.69) is 9.97 Å². The molecular formula is C16H12N2O3S3. The Bertz CT molecular complexity index is 859. The quantitative estimate of drug-likeness (QED) is 0.383. The Labute approximate surface area is 150 Å². The number of carbonyl (C=O) groups excluding carboxylic acids is 1. The maximum Gasteiger partial charge on any atom is 0.308 e. The van der Waals surface area contributed by atoms with E-state index in [9.17, 15) is 9.59 Å². The van der Waals surface area contributed by atoms with Gasteiger partial charge in [0.1, 0.15) is 0 Å². The lowest BCUT2D eigenvalue weighted by Gasteiger charge is -2.01. The van der Waals surface area contributed by atoms with Gasteiger partial charge in [0.05, 0.1) is 27.6 Å². The second kappa shape index (κ2) is 7.69. The smallest absolute Gasteiger partial charge is 0.308 e. The van der Waals surface area contributed by atoms with Crippen LogP contribution in [0.25, 0.3) is 10.6 Å². The van der Waals surface area contributed by atoms with Crippen molar-refractivity contribution in [2.24, 2.45) is 0 Å². The average Bonchev–Trinajstić information content (AvgIpc) is 3.24. The molecule has 0 amide bonds. The summed E-state index contributed by atoms with van der Waals surface area (Å²) in [4.78, 5) is 33.9. The molecule has 0 aliphatic heterocycles. The number of hydrogen-bond acceptors (Lipinski definition) is 7. The van der Waals surface area contributed by atoms with Crippen molar-refractivity contribution in [3.05, 3.63) is 51.7 Å². The molecule has 122 valence electrons. The molecule has 0 aromatic carbocycles. The summed E-state index contributed by atoms with van der Waals surface area (Å²) < 4.78 is 0. The lowest BCUT2D eigenvalue weighted by atomic mass is 10.3. The molecule has 0 aliphatic rings. The second-order valence-electron chi connectivity index (χ2n) is 4.75. The van der Waals surface area contributed by atoms with Crippen molar-refractivity contribution in [1.29, 1.82) is 0 Å². The van der Waals surface area contributed by atoms with Gasteiger partial charge in [-0.15, -0.1) is 22.7 Å². The zero-order valence-corrected chi connectivity index (χ0v) is 14.8. The molecule has 0 radical (unpaired) electrons. The highest BCUT2D eigenvalue weighted by molar-refractivity contribution is 7.99. The third-order valence-electron chi connectivity index (χ3n) is 3.00. The summed E-state index contributed by atoms with van der Waals surface area (Å²) in [7, 11) is 0. The fourth-order valence-corrected chi connectivity index (χ4v) is 4.38. The molecular weight excluding hydrogens is 364 g/mol. The number of carboxylic acids is 1. The van der Waals surface area contributed by atoms with Gasteiger partial charge in [0, 0.05) is 11.1 Å². The molecule has 3 aromatic rings. The van der Waals surface area contributed by atoms with Gasteiger partial charge < -0.3 is 5.11 Å². The number of hydrogen-bond donors (Lipinski definition) is 1. The van der Waals surface area contributed by atoms with Gasteiger partial charge in [-0.25, -0.2) is 9.97 Å². The largest absolute Gasteiger partial charge is 0.481 e. The van der Waals surface area contributed by atoms with Crippen LogP contribution in [0.1, 0.15) is 14.5 Å². The van der Waals surface area contributed by atoms with E-state index in [1.165, 1.54) is 23.1 Å². The first-order chi connectivity index (χ1) is 11.6. The highest BCUT2D eigenvalue weighted by Crippen LogP contribution is 2.25. The highest BCUT2D eigenvalue weighted by atomic mass is 32.2. The molecule has 3 rings (SSSR count). The predicted octanol–water partition coefficient (Wildman–Crippen LogP) is 3.87. The fraction of sp³-hybridized carbons (Fsp3) is 0.125. The van der Waals surface area contributed by atoms with E-state index in [1.807, 2.05) is 23.6 Å². The molecule has 0 bridgehead atoms. The van der Waals surface area contributed by atoms with Gasteiger partial charge >= 0.3 is 5.97 Å². The summed E-state index contributed by atoms with van der Waals surface area (Å²) in [6.45, 7) is 0. The van der Waals surface area contributed by atoms with Crippen LogP contribution in [0.4, 0.5) is 0 Å². The average molecular weight is 376 g/mol. The van der Waals surface area contributed by atoms with Crippen LogP contribution in [0.2, 0.25) is 0 Å². The second-order valence-corrected chi connectivity index (χ2v) is 7.81. The molecule has 0 fully saturated rings. The van der Waals surface area contributed by atoms with E-state index in [4.69, 9.17) is 5.11 Å². The van der Waals surface area contributed by atoms with E-state index >= 15 is 0 Å². The number of rotatable bonds is 7. The Balaban J connectivity index is 1.63. The monoisotopic (exact) mass is 376 g/mol. The van der Waals surface area contributed by atoms with Gasteiger partial charge in [-0.2, -0.15) is 0 Å². The van der Waals surface area contributed by atoms with Crippen LogP contribution in [-0.4, -0.2) is 32.6 Å². The minimum Gasteiger partial charge on any atom is -0.481 e. The minimum atomic E-state index is -0.899. The van der Waals surface area contributed by atoms with Gasteiger partial charge in [0.25, 0.3) is 0 Å². The van der Waals surface area contributed by atoms with Crippen molar-refractivity contribution < 1.29 is 14.7 Å². The molecule has 0 unspecified atom stereocenters. The van der Waals surface area contributed by atoms with Crippen molar-refractivity contribution in [3.8, 4) is 10.6 Å². The first-order valence-electron chi connectivity index (χ1n) is 6.95. The Morgan fingerprint density at radius 3 is 2.83 bits per heavy atom. The number of nitrogens with zero attached hydrogens (tertiary/aromatic N) is 2. The predicted molar refractivity (Wildman–Crippen MR) is 96.1 cm³/mol. The molecule has 5 nitrogen and oxygen atoms in total. The molecule has 0 aliphatic carbocycles. The topological polar surface area (TPSA) is 80.1 Å². The van der Waals surface area contributed by atoms with Crippen molar-refractivity contribution >= 4 is 46.2 Å². The number of thiophene rings is 2. The number of carboxylic acid groups (broad SMARTS) is 1. The number of ketones is 1. The highest BCUT2D eigenvalue weighted by Gasteiger charge is 2.13. The van der Waals surface area contributed by atoms with E-state index < -0.39 is 5.97 Å². The summed E-state index contributed by atoms with van der Waals surface area (Å²) in [5.41, 5.74) is 0.842. The molecule has 24 heavy (non-hydrogen) atoms. The number of carbonyl (C=O) groups is 2. The Morgan fingerprint density at radius 2 is 2.08 bits per heavy atom. The van der Waals surface area contributed by atoms with Gasteiger partial charge in [-0.1, -0.05) is 17.8 Å². The van der Waals surface area contributed by atoms with Crippen LogP contribution in [0.5, 0.6) is 0 Å². The van der Waals surface area contributed by atoms with Gasteiger partial charge in [0.15, 0.2) is 10.9 Å². The molecule has 0 spiro atoms. The summed E-state index contributed by atoms with van der Waals surface area (Å²) >= 11 is 4.10. The van der Waals surface area contributed by atoms with Crippen molar-refractivity contribution in [3.63, 3.8) is 0 Å². The molecule has 1 N–H and O–H groups in total. The summed E-state index contributed by atoms with van der Waals surface area (Å²) in [5, 5.41) is 11.3. The standard InChI is InChI=1S/C16H12N2O3S3/c19-12(14-4-3-10(24-14)8-15(20)21)9-23-16-17-6-5-11(18-16)13-2-1-7-22-13/h1-7H,8-9H2,(H,20,21). The number of thioether (sulfide) groups is 1. The van der Waals surface area contributed by atoms with Gasteiger partial charge in [0.2, 0.25) is 0 Å². The zero-order chi connectivity index (χ0) is 16.9. The molecule has 8 heteroatoms. The first-order valence-corrected chi connectivity index (χ1v) is 9.63. The van der Waals surface area contributed by atoms with Crippen molar-refractivity contribution in [2.75, 3.05) is 5.75 Å². The molecule has 3 heterocycles.